The Hall–Kier alpha value is -4.73. The normalized spacial score (nSPS) is 12.2. The number of amides is 1. The van der Waals surface area contributed by atoms with Gasteiger partial charge in [0.25, 0.3) is 5.56 Å². The largest absolute Gasteiger partial charge is 0.379 e. The highest BCUT2D eigenvalue weighted by Gasteiger charge is 2.34. The van der Waals surface area contributed by atoms with E-state index in [9.17, 15) is 23.5 Å². The number of hydrogen-bond donors (Lipinski definition) is 2. The zero-order valence-corrected chi connectivity index (χ0v) is 18.4. The summed E-state index contributed by atoms with van der Waals surface area (Å²) in [6.07, 6.45) is 4.22. The van der Waals surface area contributed by atoms with Crippen molar-refractivity contribution in [3.63, 3.8) is 0 Å². The van der Waals surface area contributed by atoms with Crippen LogP contribution in [0.2, 0.25) is 0 Å². The number of benzene rings is 1. The van der Waals surface area contributed by atoms with Gasteiger partial charge in [0, 0.05) is 31.9 Å². The van der Waals surface area contributed by atoms with E-state index in [0.717, 1.165) is 12.1 Å². The van der Waals surface area contributed by atoms with Crippen LogP contribution in [0.4, 0.5) is 8.78 Å². The van der Waals surface area contributed by atoms with Gasteiger partial charge in [-0.1, -0.05) is 5.92 Å². The maximum absolute atomic E-state index is 14.0. The molecule has 35 heavy (non-hydrogen) atoms. The van der Waals surface area contributed by atoms with Gasteiger partial charge < -0.3 is 15.4 Å². The lowest BCUT2D eigenvalue weighted by molar-refractivity contribution is 0.0837. The SMILES string of the molecule is Cn1cccc(C(O)(CC#CC#Cc2c(C(N)=O)ccn3nccc23)c2cc(F)cc(F)c2)c1=O. The Morgan fingerprint density at radius 2 is 1.89 bits per heavy atom. The van der Waals surface area contributed by atoms with Gasteiger partial charge >= 0.3 is 0 Å². The third-order valence-corrected chi connectivity index (χ3v) is 5.44. The van der Waals surface area contributed by atoms with Crippen LogP contribution in [0.3, 0.4) is 0 Å². The van der Waals surface area contributed by atoms with Crippen LogP contribution in [-0.2, 0) is 12.6 Å². The van der Waals surface area contributed by atoms with Gasteiger partial charge in [0.1, 0.15) is 17.2 Å². The second-order valence-corrected chi connectivity index (χ2v) is 7.71. The molecule has 1 unspecified atom stereocenters. The summed E-state index contributed by atoms with van der Waals surface area (Å²) in [6, 6.07) is 8.61. The average molecular weight is 472 g/mol. The second kappa shape index (κ2) is 9.26. The van der Waals surface area contributed by atoms with Crippen LogP contribution in [0.1, 0.15) is 33.5 Å². The molecule has 1 atom stereocenters. The average Bonchev–Trinajstić information content (AvgIpc) is 3.29. The van der Waals surface area contributed by atoms with Crippen molar-refractivity contribution in [2.24, 2.45) is 12.8 Å². The first kappa shape index (κ1) is 23.4. The number of carbonyl (C=O) groups excluding carboxylic acids is 1. The third kappa shape index (κ3) is 4.54. The number of primary amides is 1. The van der Waals surface area contributed by atoms with Crippen LogP contribution in [0.15, 0.2) is 65.8 Å². The number of aryl methyl sites for hydroxylation is 1. The molecule has 1 amide bonds. The summed E-state index contributed by atoms with van der Waals surface area (Å²) in [6.45, 7) is 0. The van der Waals surface area contributed by atoms with E-state index in [1.54, 1.807) is 12.3 Å². The van der Waals surface area contributed by atoms with Crippen LogP contribution in [-0.4, -0.2) is 25.2 Å². The number of fused-ring (bicyclic) bond motifs is 1. The predicted molar refractivity (Wildman–Crippen MR) is 124 cm³/mol. The van der Waals surface area contributed by atoms with E-state index >= 15 is 0 Å². The molecule has 4 aromatic rings. The smallest absolute Gasteiger partial charge is 0.256 e. The molecular weight excluding hydrogens is 454 g/mol. The Balaban J connectivity index is 1.76. The first-order valence-electron chi connectivity index (χ1n) is 10.3. The Bertz CT molecular complexity index is 1630. The molecule has 0 aliphatic heterocycles. The van der Waals surface area contributed by atoms with Crippen LogP contribution >= 0.6 is 0 Å². The minimum absolute atomic E-state index is 0.102. The fourth-order valence-corrected chi connectivity index (χ4v) is 3.70. The van der Waals surface area contributed by atoms with Crippen molar-refractivity contribution in [2.45, 2.75) is 12.0 Å². The summed E-state index contributed by atoms with van der Waals surface area (Å²) in [5.41, 5.74) is 3.57. The lowest BCUT2D eigenvalue weighted by Crippen LogP contribution is -2.36. The number of hydrogen-bond acceptors (Lipinski definition) is 4. The highest BCUT2D eigenvalue weighted by molar-refractivity contribution is 5.97. The molecule has 3 aromatic heterocycles. The van der Waals surface area contributed by atoms with E-state index in [1.807, 2.05) is 0 Å². The number of nitrogens with two attached hydrogens (primary N) is 1. The molecule has 4 rings (SSSR count). The first-order chi connectivity index (χ1) is 16.7. The molecule has 0 aliphatic rings. The molecule has 0 fully saturated rings. The van der Waals surface area contributed by atoms with Gasteiger partial charge in [0.15, 0.2) is 0 Å². The van der Waals surface area contributed by atoms with Crippen LogP contribution < -0.4 is 11.3 Å². The highest BCUT2D eigenvalue weighted by Crippen LogP contribution is 2.32. The maximum Gasteiger partial charge on any atom is 0.256 e. The van der Waals surface area contributed by atoms with Crippen molar-refractivity contribution in [1.82, 2.24) is 14.2 Å². The van der Waals surface area contributed by atoms with E-state index in [1.165, 1.54) is 46.7 Å². The zero-order valence-electron chi connectivity index (χ0n) is 18.4. The van der Waals surface area contributed by atoms with Gasteiger partial charge in [-0.15, -0.1) is 0 Å². The summed E-state index contributed by atoms with van der Waals surface area (Å²) >= 11 is 0. The van der Waals surface area contributed by atoms with Crippen molar-refractivity contribution in [1.29, 1.82) is 0 Å². The molecule has 0 aliphatic carbocycles. The lowest BCUT2D eigenvalue weighted by Gasteiger charge is -2.27. The molecule has 174 valence electrons. The molecular formula is C26H18F2N4O3. The lowest BCUT2D eigenvalue weighted by atomic mass is 9.84. The number of pyridine rings is 2. The van der Waals surface area contributed by atoms with Gasteiger partial charge in [0.2, 0.25) is 5.91 Å². The van der Waals surface area contributed by atoms with E-state index in [4.69, 9.17) is 5.73 Å². The number of rotatable bonds is 4. The van der Waals surface area contributed by atoms with Gasteiger partial charge in [-0.05, 0) is 59.7 Å². The topological polar surface area (TPSA) is 103 Å². The minimum Gasteiger partial charge on any atom is -0.379 e. The van der Waals surface area contributed by atoms with Crippen molar-refractivity contribution >= 4 is 11.4 Å². The Morgan fingerprint density at radius 1 is 1.14 bits per heavy atom. The van der Waals surface area contributed by atoms with Crippen LogP contribution in [0, 0.1) is 35.3 Å². The fraction of sp³-hybridized carbons (Fsp3) is 0.115. The van der Waals surface area contributed by atoms with E-state index < -0.39 is 28.7 Å². The Kier molecular flexibility index (Phi) is 6.20. The molecule has 1 aromatic carbocycles. The van der Waals surface area contributed by atoms with Gasteiger partial charge in [-0.2, -0.15) is 5.10 Å². The predicted octanol–water partition coefficient (Wildman–Crippen LogP) is 2.09. The summed E-state index contributed by atoms with van der Waals surface area (Å²) < 4.78 is 30.7. The summed E-state index contributed by atoms with van der Waals surface area (Å²) in [5.74, 6) is 8.11. The fourth-order valence-electron chi connectivity index (χ4n) is 3.70. The van der Waals surface area contributed by atoms with E-state index in [2.05, 4.69) is 28.8 Å². The molecule has 0 bridgehead atoms. The number of carbonyl (C=O) groups is 1. The maximum atomic E-state index is 14.0. The second-order valence-electron chi connectivity index (χ2n) is 7.71. The number of nitrogens with zero attached hydrogens (tertiary/aromatic N) is 3. The van der Waals surface area contributed by atoms with Crippen LogP contribution in [0.25, 0.3) is 5.52 Å². The zero-order chi connectivity index (χ0) is 25.2. The monoisotopic (exact) mass is 472 g/mol. The first-order valence-corrected chi connectivity index (χ1v) is 10.3. The van der Waals surface area contributed by atoms with Gasteiger partial charge in [-0.25, -0.2) is 13.3 Å². The summed E-state index contributed by atoms with van der Waals surface area (Å²) in [7, 11) is 1.49. The number of aliphatic hydroxyl groups is 1. The minimum atomic E-state index is -2.11. The van der Waals surface area contributed by atoms with Gasteiger partial charge in [0.05, 0.1) is 28.4 Å². The van der Waals surface area contributed by atoms with Crippen molar-refractivity contribution < 1.29 is 18.7 Å². The molecule has 0 radical (unpaired) electrons. The quantitative estimate of drug-likeness (QED) is 0.444. The summed E-state index contributed by atoms with van der Waals surface area (Å²) in [4.78, 5) is 24.5. The molecule has 3 heterocycles. The highest BCUT2D eigenvalue weighted by atomic mass is 19.1. The van der Waals surface area contributed by atoms with Crippen molar-refractivity contribution in [2.75, 3.05) is 0 Å². The molecule has 9 heteroatoms. The Labute approximate surface area is 198 Å². The van der Waals surface area contributed by atoms with Crippen molar-refractivity contribution in [3.05, 3.63) is 105 Å². The third-order valence-electron chi connectivity index (χ3n) is 5.44. The molecule has 7 nitrogen and oxygen atoms in total. The molecule has 0 spiro atoms. The van der Waals surface area contributed by atoms with E-state index in [0.29, 0.717) is 17.1 Å². The molecule has 0 saturated heterocycles. The summed E-state index contributed by atoms with van der Waals surface area (Å²) in [5, 5.41) is 15.6. The van der Waals surface area contributed by atoms with Crippen LogP contribution in [0.5, 0.6) is 0 Å². The number of halogens is 2. The van der Waals surface area contributed by atoms with Gasteiger partial charge in [-0.3, -0.25) is 9.59 Å². The molecule has 0 saturated carbocycles. The van der Waals surface area contributed by atoms with E-state index in [-0.39, 0.29) is 23.1 Å². The standard InChI is InChI=1S/C26H18F2N4O3/c1-31-12-5-7-22(25(31)34)26(35,17-14-18(27)16-19(28)15-17)10-4-2-3-6-20-21(24(29)33)9-13-32-23(20)8-11-30-32/h5,7-9,11-16,35H,10H2,1H3,(H2,29,33). The Morgan fingerprint density at radius 3 is 2.60 bits per heavy atom. The van der Waals surface area contributed by atoms with Crippen molar-refractivity contribution in [3.8, 4) is 23.7 Å². The molecule has 3 N–H and O–H groups in total. The number of aromatic nitrogens is 3.